The lowest BCUT2D eigenvalue weighted by molar-refractivity contribution is 0.102. The van der Waals surface area contributed by atoms with Crippen LogP contribution in [-0.4, -0.2) is 15.7 Å². The fourth-order valence-corrected chi connectivity index (χ4v) is 3.02. The van der Waals surface area contributed by atoms with Crippen molar-refractivity contribution < 1.29 is 9.18 Å². The highest BCUT2D eigenvalue weighted by atomic mass is 35.5. The van der Waals surface area contributed by atoms with Gasteiger partial charge in [-0.05, 0) is 44.0 Å². The summed E-state index contributed by atoms with van der Waals surface area (Å²) in [6.45, 7) is 6.01. The van der Waals surface area contributed by atoms with E-state index in [0.29, 0.717) is 23.5 Å². The molecule has 1 N–H and O–H groups in total. The lowest BCUT2D eigenvalue weighted by atomic mass is 10.1. The van der Waals surface area contributed by atoms with Crippen LogP contribution in [0, 0.1) is 26.6 Å². The number of aryl methyl sites for hydroxylation is 3. The number of aromatic nitrogens is 2. The molecule has 3 aromatic rings. The van der Waals surface area contributed by atoms with E-state index in [-0.39, 0.29) is 5.15 Å². The highest BCUT2D eigenvalue weighted by Crippen LogP contribution is 2.24. The largest absolute Gasteiger partial charge is 0.321 e. The number of amides is 1. The number of nitrogens with zero attached hydrogens (tertiary/aromatic N) is 2. The van der Waals surface area contributed by atoms with Gasteiger partial charge in [0.15, 0.2) is 0 Å². The molecule has 0 spiro atoms. The fraction of sp³-hybridized carbons (Fsp3) is 0.200. The zero-order valence-corrected chi connectivity index (χ0v) is 15.6. The first-order chi connectivity index (χ1) is 12.3. The second-order valence-electron chi connectivity index (χ2n) is 6.31. The number of hydrogen-bond donors (Lipinski definition) is 1. The summed E-state index contributed by atoms with van der Waals surface area (Å²) in [6, 6.07) is 12.3. The number of halogens is 2. The molecular weight excluding hydrogens is 353 g/mol. The van der Waals surface area contributed by atoms with E-state index in [1.165, 1.54) is 17.7 Å². The molecule has 0 unspecified atom stereocenters. The molecule has 6 heteroatoms. The van der Waals surface area contributed by atoms with Crippen LogP contribution < -0.4 is 5.32 Å². The van der Waals surface area contributed by atoms with Crippen molar-refractivity contribution in [3.8, 4) is 0 Å². The van der Waals surface area contributed by atoms with Crippen LogP contribution in [0.5, 0.6) is 0 Å². The van der Waals surface area contributed by atoms with Gasteiger partial charge < -0.3 is 5.32 Å². The van der Waals surface area contributed by atoms with Gasteiger partial charge in [0.05, 0.1) is 17.8 Å². The summed E-state index contributed by atoms with van der Waals surface area (Å²) in [4.78, 5) is 12.7. The quantitative estimate of drug-likeness (QED) is 0.708. The Hall–Kier alpha value is -2.66. The Morgan fingerprint density at radius 1 is 1.15 bits per heavy atom. The molecule has 0 aliphatic carbocycles. The zero-order chi connectivity index (χ0) is 18.8. The molecule has 0 radical (unpaired) electrons. The van der Waals surface area contributed by atoms with Gasteiger partial charge in [0.1, 0.15) is 11.0 Å². The number of carbonyl (C=O) groups is 1. The maximum absolute atomic E-state index is 13.4. The minimum atomic E-state index is -0.413. The summed E-state index contributed by atoms with van der Waals surface area (Å²) in [5.41, 5.74) is 4.20. The molecule has 1 heterocycles. The Balaban J connectivity index is 1.86. The molecule has 26 heavy (non-hydrogen) atoms. The molecule has 1 aromatic heterocycles. The number of benzene rings is 2. The van der Waals surface area contributed by atoms with Gasteiger partial charge in [0.25, 0.3) is 5.91 Å². The van der Waals surface area contributed by atoms with Gasteiger partial charge in [-0.25, -0.2) is 9.07 Å². The van der Waals surface area contributed by atoms with Crippen LogP contribution in [0.15, 0.2) is 42.5 Å². The lowest BCUT2D eigenvalue weighted by Gasteiger charge is -2.09. The number of anilines is 1. The second-order valence-corrected chi connectivity index (χ2v) is 6.67. The highest BCUT2D eigenvalue weighted by molar-refractivity contribution is 6.33. The van der Waals surface area contributed by atoms with Crippen molar-refractivity contribution in [2.75, 3.05) is 5.32 Å². The van der Waals surface area contributed by atoms with Gasteiger partial charge in [-0.15, -0.1) is 0 Å². The van der Waals surface area contributed by atoms with Crippen molar-refractivity contribution in [3.05, 3.63) is 81.4 Å². The van der Waals surface area contributed by atoms with Crippen molar-refractivity contribution in [1.29, 1.82) is 0 Å². The van der Waals surface area contributed by atoms with Crippen LogP contribution in [0.4, 0.5) is 10.1 Å². The van der Waals surface area contributed by atoms with E-state index in [1.54, 1.807) is 24.6 Å². The molecule has 2 aromatic carbocycles. The van der Waals surface area contributed by atoms with E-state index in [2.05, 4.69) is 10.4 Å². The third-order valence-corrected chi connectivity index (χ3v) is 4.58. The van der Waals surface area contributed by atoms with Gasteiger partial charge in [-0.1, -0.05) is 47.5 Å². The summed E-state index contributed by atoms with van der Waals surface area (Å²) in [5, 5.41) is 7.36. The van der Waals surface area contributed by atoms with E-state index < -0.39 is 11.7 Å². The average Bonchev–Trinajstić information content (AvgIpc) is 2.87. The van der Waals surface area contributed by atoms with Gasteiger partial charge in [0, 0.05) is 5.69 Å². The molecule has 3 rings (SSSR count). The smallest absolute Gasteiger partial charge is 0.260 e. The maximum atomic E-state index is 13.4. The van der Waals surface area contributed by atoms with Gasteiger partial charge >= 0.3 is 0 Å². The van der Waals surface area contributed by atoms with Crippen molar-refractivity contribution in [2.24, 2.45) is 0 Å². The summed E-state index contributed by atoms with van der Waals surface area (Å²) in [6.07, 6.45) is 0. The molecule has 0 saturated heterocycles. The molecular formula is C20H19ClFN3O. The monoisotopic (exact) mass is 371 g/mol. The average molecular weight is 372 g/mol. The highest BCUT2D eigenvalue weighted by Gasteiger charge is 2.21. The van der Waals surface area contributed by atoms with Crippen LogP contribution in [0.3, 0.4) is 0 Å². The normalized spacial score (nSPS) is 10.8. The standard InChI is InChI=1S/C20H19ClFN3O/c1-12-4-7-15(8-5-12)11-25-19(21)18(14(3)24-25)20(26)23-17-10-16(22)9-6-13(17)2/h4-10H,11H2,1-3H3,(H,23,26). The van der Waals surface area contributed by atoms with Crippen molar-refractivity contribution in [1.82, 2.24) is 9.78 Å². The Morgan fingerprint density at radius 3 is 2.54 bits per heavy atom. The van der Waals surface area contributed by atoms with E-state index in [0.717, 1.165) is 11.1 Å². The molecule has 0 aliphatic heterocycles. The van der Waals surface area contributed by atoms with Crippen LogP contribution in [0.2, 0.25) is 5.15 Å². The predicted molar refractivity (Wildman–Crippen MR) is 101 cm³/mol. The number of carbonyl (C=O) groups excluding carboxylic acids is 1. The maximum Gasteiger partial charge on any atom is 0.260 e. The van der Waals surface area contributed by atoms with Crippen LogP contribution in [0.1, 0.15) is 32.7 Å². The molecule has 0 atom stereocenters. The molecule has 0 fully saturated rings. The number of rotatable bonds is 4. The summed E-state index contributed by atoms with van der Waals surface area (Å²) >= 11 is 6.41. The SMILES string of the molecule is Cc1ccc(Cn2nc(C)c(C(=O)Nc3cc(F)ccc3C)c2Cl)cc1. The first-order valence-electron chi connectivity index (χ1n) is 8.21. The molecule has 0 bridgehead atoms. The van der Waals surface area contributed by atoms with Crippen molar-refractivity contribution in [2.45, 2.75) is 27.3 Å². The van der Waals surface area contributed by atoms with E-state index in [1.807, 2.05) is 31.2 Å². The van der Waals surface area contributed by atoms with Crippen molar-refractivity contribution >= 4 is 23.2 Å². The molecule has 0 aliphatic rings. The topological polar surface area (TPSA) is 46.9 Å². The Kier molecular flexibility index (Phi) is 5.09. The van der Waals surface area contributed by atoms with Crippen LogP contribution in [-0.2, 0) is 6.54 Å². The molecule has 0 saturated carbocycles. The summed E-state index contributed by atoms with van der Waals surface area (Å²) in [7, 11) is 0. The third-order valence-electron chi connectivity index (χ3n) is 4.19. The molecule has 1 amide bonds. The van der Waals surface area contributed by atoms with Crippen LogP contribution >= 0.6 is 11.6 Å². The Morgan fingerprint density at radius 2 is 1.85 bits per heavy atom. The number of nitrogens with one attached hydrogen (secondary N) is 1. The lowest BCUT2D eigenvalue weighted by Crippen LogP contribution is -2.14. The van der Waals surface area contributed by atoms with Gasteiger partial charge in [-0.3, -0.25) is 4.79 Å². The van der Waals surface area contributed by atoms with E-state index in [4.69, 9.17) is 11.6 Å². The zero-order valence-electron chi connectivity index (χ0n) is 14.8. The predicted octanol–water partition coefficient (Wildman–Crippen LogP) is 4.90. The Bertz CT molecular complexity index is 964. The third kappa shape index (κ3) is 3.78. The van der Waals surface area contributed by atoms with Gasteiger partial charge in [0.2, 0.25) is 0 Å². The first kappa shape index (κ1) is 18.1. The van der Waals surface area contributed by atoms with E-state index >= 15 is 0 Å². The minimum absolute atomic E-state index is 0.259. The molecule has 4 nitrogen and oxygen atoms in total. The summed E-state index contributed by atoms with van der Waals surface area (Å²) in [5.74, 6) is -0.819. The first-order valence-corrected chi connectivity index (χ1v) is 8.59. The number of hydrogen-bond acceptors (Lipinski definition) is 2. The van der Waals surface area contributed by atoms with Crippen LogP contribution in [0.25, 0.3) is 0 Å². The fourth-order valence-electron chi connectivity index (χ4n) is 2.70. The second kappa shape index (κ2) is 7.30. The van der Waals surface area contributed by atoms with E-state index in [9.17, 15) is 9.18 Å². The van der Waals surface area contributed by atoms with Gasteiger partial charge in [-0.2, -0.15) is 5.10 Å². The summed E-state index contributed by atoms with van der Waals surface area (Å²) < 4.78 is 15.0. The Labute approximate surface area is 156 Å². The minimum Gasteiger partial charge on any atom is -0.321 e. The van der Waals surface area contributed by atoms with Crippen molar-refractivity contribution in [3.63, 3.8) is 0 Å². The molecule has 134 valence electrons.